The second-order valence-corrected chi connectivity index (χ2v) is 7.78. The van der Waals surface area contributed by atoms with Crippen LogP contribution in [-0.2, 0) is 28.8 Å². The third kappa shape index (κ3) is 10.9. The number of nitrogens with two attached hydrogens (primary N) is 2. The molecule has 182 valence electrons. The van der Waals surface area contributed by atoms with Gasteiger partial charge in [0.25, 0.3) is 0 Å². The van der Waals surface area contributed by atoms with Crippen LogP contribution in [-0.4, -0.2) is 75.7 Å². The minimum atomic E-state index is -1.41. The van der Waals surface area contributed by atoms with Crippen LogP contribution in [0.4, 0.5) is 0 Å². The average molecular weight is 478 g/mol. The summed E-state index contributed by atoms with van der Waals surface area (Å²) in [6, 6.07) is -5.03. The van der Waals surface area contributed by atoms with Crippen molar-refractivity contribution in [1.82, 2.24) is 16.0 Å². The van der Waals surface area contributed by atoms with Crippen LogP contribution >= 0.6 is 12.6 Å². The Kier molecular flexibility index (Phi) is 13.0. The smallest absolute Gasteiger partial charge is 0.326 e. The fourth-order valence-electron chi connectivity index (χ4n) is 2.49. The van der Waals surface area contributed by atoms with E-state index in [2.05, 4.69) is 28.6 Å². The van der Waals surface area contributed by atoms with Crippen LogP contribution in [0, 0.1) is 5.92 Å². The molecule has 4 amide bonds. The van der Waals surface area contributed by atoms with Crippen molar-refractivity contribution in [3.05, 3.63) is 0 Å². The molecule has 0 bridgehead atoms. The number of carbonyl (C=O) groups excluding carboxylic acids is 4. The molecule has 0 saturated heterocycles. The summed E-state index contributed by atoms with van der Waals surface area (Å²) in [5, 5.41) is 25.1. The molecule has 0 aromatic rings. The monoisotopic (exact) mass is 477 g/mol. The second-order valence-electron chi connectivity index (χ2n) is 7.42. The van der Waals surface area contributed by atoms with E-state index in [1.54, 1.807) is 13.8 Å². The van der Waals surface area contributed by atoms with Crippen LogP contribution in [0.1, 0.15) is 39.5 Å². The van der Waals surface area contributed by atoms with Gasteiger partial charge in [-0.25, -0.2) is 4.79 Å². The lowest BCUT2D eigenvalue weighted by molar-refractivity contribution is -0.144. The van der Waals surface area contributed by atoms with E-state index in [0.717, 1.165) is 0 Å². The first-order valence-corrected chi connectivity index (χ1v) is 10.4. The van der Waals surface area contributed by atoms with Crippen LogP contribution in [0.2, 0.25) is 0 Å². The van der Waals surface area contributed by atoms with Crippen molar-refractivity contribution in [1.29, 1.82) is 0 Å². The molecule has 9 N–H and O–H groups in total. The molecule has 0 fully saturated rings. The lowest BCUT2D eigenvalue weighted by Gasteiger charge is -2.25. The number of primary amides is 1. The molecule has 0 aromatic heterocycles. The maximum Gasteiger partial charge on any atom is 0.326 e. The van der Waals surface area contributed by atoms with Crippen LogP contribution in [0.3, 0.4) is 0 Å². The Hall–Kier alpha value is -2.87. The van der Waals surface area contributed by atoms with Gasteiger partial charge in [-0.3, -0.25) is 24.0 Å². The molecule has 0 radical (unpaired) electrons. The van der Waals surface area contributed by atoms with E-state index >= 15 is 0 Å². The quantitative estimate of drug-likeness (QED) is 0.117. The molecule has 4 unspecified atom stereocenters. The van der Waals surface area contributed by atoms with Gasteiger partial charge in [-0.05, 0) is 18.8 Å². The van der Waals surface area contributed by atoms with Crippen LogP contribution in [0.15, 0.2) is 0 Å². The van der Waals surface area contributed by atoms with E-state index in [0.29, 0.717) is 0 Å². The van der Waals surface area contributed by atoms with Crippen molar-refractivity contribution in [3.8, 4) is 0 Å². The zero-order chi connectivity index (χ0) is 25.0. The summed E-state index contributed by atoms with van der Waals surface area (Å²) in [5.74, 6) is -6.33. The number of hydrogen-bond donors (Lipinski definition) is 8. The van der Waals surface area contributed by atoms with Crippen LogP contribution in [0.5, 0.6) is 0 Å². The van der Waals surface area contributed by atoms with Gasteiger partial charge in [-0.1, -0.05) is 13.8 Å². The summed E-state index contributed by atoms with van der Waals surface area (Å²) in [5.41, 5.74) is 10.7. The van der Waals surface area contributed by atoms with Crippen molar-refractivity contribution in [2.24, 2.45) is 17.4 Å². The number of hydrogen-bond acceptors (Lipinski definition) is 8. The maximum atomic E-state index is 12.7. The largest absolute Gasteiger partial charge is 0.481 e. The molecular weight excluding hydrogens is 446 g/mol. The molecule has 0 spiro atoms. The van der Waals surface area contributed by atoms with Gasteiger partial charge >= 0.3 is 11.9 Å². The molecule has 0 aliphatic rings. The number of amides is 4. The number of carboxylic acids is 2. The molecule has 0 aliphatic heterocycles. The van der Waals surface area contributed by atoms with Gasteiger partial charge in [0.1, 0.15) is 18.1 Å². The van der Waals surface area contributed by atoms with Gasteiger partial charge in [-0.2, -0.15) is 12.6 Å². The molecule has 0 saturated carbocycles. The second kappa shape index (κ2) is 14.2. The molecule has 0 heterocycles. The molecule has 13 nitrogen and oxygen atoms in total. The Labute approximate surface area is 190 Å². The zero-order valence-electron chi connectivity index (χ0n) is 17.9. The molecule has 32 heavy (non-hydrogen) atoms. The minimum absolute atomic E-state index is 0.0224. The Balaban J connectivity index is 5.57. The number of carboxylic acid groups (broad SMARTS) is 2. The number of aliphatic carboxylic acids is 2. The van der Waals surface area contributed by atoms with Crippen molar-refractivity contribution >= 4 is 48.2 Å². The summed E-state index contributed by atoms with van der Waals surface area (Å²) < 4.78 is 0. The molecular formula is C18H31N5O8S. The number of rotatable bonds is 15. The fourth-order valence-corrected chi connectivity index (χ4v) is 2.66. The van der Waals surface area contributed by atoms with Gasteiger partial charge in [-0.15, -0.1) is 0 Å². The first-order chi connectivity index (χ1) is 14.8. The van der Waals surface area contributed by atoms with Gasteiger partial charge in [0.2, 0.25) is 23.6 Å². The van der Waals surface area contributed by atoms with Crippen molar-refractivity contribution in [2.75, 3.05) is 5.75 Å². The van der Waals surface area contributed by atoms with Gasteiger partial charge < -0.3 is 37.6 Å². The molecule has 0 aromatic carbocycles. The molecule has 4 atom stereocenters. The van der Waals surface area contributed by atoms with Crippen molar-refractivity contribution in [3.63, 3.8) is 0 Å². The van der Waals surface area contributed by atoms with E-state index in [1.807, 2.05) is 0 Å². The van der Waals surface area contributed by atoms with E-state index in [1.165, 1.54) is 0 Å². The average Bonchev–Trinajstić information content (AvgIpc) is 2.69. The third-order valence-corrected chi connectivity index (χ3v) is 4.75. The Morgan fingerprint density at radius 2 is 1.31 bits per heavy atom. The summed E-state index contributed by atoms with van der Waals surface area (Å²) >= 11 is 3.89. The van der Waals surface area contributed by atoms with Crippen molar-refractivity contribution < 1.29 is 39.0 Å². The highest BCUT2D eigenvalue weighted by atomic mass is 32.1. The SMILES string of the molecule is CC(C)C(NC(=O)C(CCC(=O)O)NC(=O)C(CCC(N)=O)NC(=O)C(N)CS)C(=O)O. The van der Waals surface area contributed by atoms with E-state index in [9.17, 15) is 33.9 Å². The van der Waals surface area contributed by atoms with Gasteiger partial charge in [0.05, 0.1) is 6.04 Å². The first-order valence-electron chi connectivity index (χ1n) is 9.80. The maximum absolute atomic E-state index is 12.7. The van der Waals surface area contributed by atoms with Crippen LogP contribution in [0.25, 0.3) is 0 Å². The number of nitrogens with one attached hydrogen (secondary N) is 3. The van der Waals surface area contributed by atoms with E-state index in [-0.39, 0.29) is 25.0 Å². The predicted octanol–water partition coefficient (Wildman–Crippen LogP) is -2.43. The topological polar surface area (TPSA) is 231 Å². The van der Waals surface area contributed by atoms with E-state index < -0.39 is 72.1 Å². The number of carbonyl (C=O) groups is 6. The van der Waals surface area contributed by atoms with Crippen molar-refractivity contribution in [2.45, 2.75) is 63.7 Å². The van der Waals surface area contributed by atoms with E-state index in [4.69, 9.17) is 16.6 Å². The summed E-state index contributed by atoms with van der Waals surface area (Å²) in [6.45, 7) is 3.12. The third-order valence-electron chi connectivity index (χ3n) is 4.36. The summed E-state index contributed by atoms with van der Waals surface area (Å²) in [6.07, 6.45) is -1.32. The molecule has 14 heteroatoms. The van der Waals surface area contributed by atoms with Gasteiger partial charge in [0, 0.05) is 18.6 Å². The summed E-state index contributed by atoms with van der Waals surface area (Å²) in [4.78, 5) is 70.8. The normalized spacial score (nSPS) is 14.5. The first kappa shape index (κ1) is 29.1. The molecule has 0 rings (SSSR count). The highest BCUT2D eigenvalue weighted by molar-refractivity contribution is 7.80. The lowest BCUT2D eigenvalue weighted by atomic mass is 10.0. The Morgan fingerprint density at radius 3 is 1.72 bits per heavy atom. The number of thiol groups is 1. The summed E-state index contributed by atoms with van der Waals surface area (Å²) in [7, 11) is 0. The van der Waals surface area contributed by atoms with Crippen LogP contribution < -0.4 is 27.4 Å². The highest BCUT2D eigenvalue weighted by Gasteiger charge is 2.31. The zero-order valence-corrected chi connectivity index (χ0v) is 18.8. The highest BCUT2D eigenvalue weighted by Crippen LogP contribution is 2.07. The lowest BCUT2D eigenvalue weighted by Crippen LogP contribution is -2.57. The Morgan fingerprint density at radius 1 is 0.844 bits per heavy atom. The fraction of sp³-hybridized carbons (Fsp3) is 0.667. The Bertz CT molecular complexity index is 717. The van der Waals surface area contributed by atoms with Gasteiger partial charge in [0.15, 0.2) is 0 Å². The standard InChI is InChI=1S/C18H31N5O8S/c1-8(2)14(18(30)31)23-17(29)11(4-6-13(25)26)22-16(28)10(3-5-12(20)24)21-15(27)9(19)7-32/h8-11,14,32H,3-7,19H2,1-2H3,(H2,20,24)(H,21,27)(H,22,28)(H,23,29)(H,25,26)(H,30,31). The molecule has 0 aliphatic carbocycles. The predicted molar refractivity (Wildman–Crippen MR) is 115 cm³/mol. The minimum Gasteiger partial charge on any atom is -0.481 e.